The maximum Gasteiger partial charge on any atom is 0.146 e. The van der Waals surface area contributed by atoms with Gasteiger partial charge >= 0.3 is 0 Å². The van der Waals surface area contributed by atoms with E-state index in [9.17, 15) is 0 Å². The third-order valence-corrected chi connectivity index (χ3v) is 2.78. The molecule has 1 aromatic carbocycles. The molecule has 90 valence electrons. The van der Waals surface area contributed by atoms with Gasteiger partial charge < -0.3 is 4.74 Å². The van der Waals surface area contributed by atoms with Crippen molar-refractivity contribution < 1.29 is 4.74 Å². The van der Waals surface area contributed by atoms with Gasteiger partial charge in [-0.3, -0.25) is 0 Å². The number of anilines is 1. The van der Waals surface area contributed by atoms with Crippen LogP contribution in [-0.4, -0.2) is 19.2 Å². The average molecular weight is 232 g/mol. The van der Waals surface area contributed by atoms with Crippen molar-refractivity contribution in [3.05, 3.63) is 41.7 Å². The Balaban J connectivity index is 2.42. The van der Waals surface area contributed by atoms with Gasteiger partial charge in [-0.15, -0.1) is 0 Å². The predicted octanol–water partition coefficient (Wildman–Crippen LogP) is 2.65. The normalized spacial score (nSPS) is 14.9. The van der Waals surface area contributed by atoms with E-state index in [2.05, 4.69) is 30.0 Å². The third kappa shape index (κ3) is 2.01. The first-order valence-electron chi connectivity index (χ1n) is 5.37. The van der Waals surface area contributed by atoms with E-state index in [4.69, 9.17) is 4.74 Å². The Morgan fingerprint density at radius 1 is 1.35 bits per heavy atom. The van der Waals surface area contributed by atoms with E-state index in [1.54, 1.807) is 17.1 Å². The summed E-state index contributed by atoms with van der Waals surface area (Å²) in [5.41, 5.74) is 3.23. The van der Waals surface area contributed by atoms with Crippen LogP contribution in [0.5, 0.6) is 0 Å². The lowest BCUT2D eigenvalue weighted by Gasteiger charge is -2.20. The number of rotatable bonds is 3. The Kier molecular flexibility index (Phi) is 3.10. The summed E-state index contributed by atoms with van der Waals surface area (Å²) >= 11 is 0. The zero-order valence-electron chi connectivity index (χ0n) is 10.3. The van der Waals surface area contributed by atoms with Crippen LogP contribution in [0.4, 0.5) is 5.69 Å². The van der Waals surface area contributed by atoms with E-state index in [1.807, 2.05) is 19.2 Å². The van der Waals surface area contributed by atoms with Gasteiger partial charge in [-0.05, 0) is 29.0 Å². The van der Waals surface area contributed by atoms with Crippen LogP contribution in [0.1, 0.15) is 11.1 Å². The second-order valence-electron chi connectivity index (χ2n) is 3.94. The van der Waals surface area contributed by atoms with Gasteiger partial charge in [0.2, 0.25) is 0 Å². The molecule has 17 heavy (non-hydrogen) atoms. The molecule has 0 N–H and O–H groups in total. The largest absolute Gasteiger partial charge is 0.380 e. The molecule has 0 unspecified atom stereocenters. The fourth-order valence-corrected chi connectivity index (χ4v) is 1.74. The van der Waals surface area contributed by atoms with Gasteiger partial charge in [0.25, 0.3) is 0 Å². The highest BCUT2D eigenvalue weighted by atomic mass is 16.5. The van der Waals surface area contributed by atoms with Crippen LogP contribution in [-0.2, 0) is 11.3 Å². The fourth-order valence-electron chi connectivity index (χ4n) is 1.74. The van der Waals surface area contributed by atoms with Gasteiger partial charge in [-0.25, -0.2) is 5.01 Å². The Bertz CT molecular complexity index is 470. The first-order chi connectivity index (χ1) is 8.15. The molecule has 0 bridgehead atoms. The lowest BCUT2D eigenvalue weighted by molar-refractivity contribution is 0.184. The molecule has 0 atom stereocenters. The summed E-state index contributed by atoms with van der Waals surface area (Å²) in [6.07, 6.45) is 0. The van der Waals surface area contributed by atoms with Gasteiger partial charge in [0.1, 0.15) is 5.82 Å². The van der Waals surface area contributed by atoms with E-state index in [-0.39, 0.29) is 0 Å². The van der Waals surface area contributed by atoms with E-state index >= 15 is 0 Å². The standard InChI is InChI=1S/C12H16N4O/c1-9-6-5-7-12(11(9)8-17-4)16-10(2)15(3)13-14-16/h5-7H,2,8H2,1,3-4H3. The molecule has 0 aromatic heterocycles. The maximum absolute atomic E-state index is 5.23. The molecule has 0 saturated carbocycles. The zero-order chi connectivity index (χ0) is 12.4. The van der Waals surface area contributed by atoms with Crippen molar-refractivity contribution in [1.29, 1.82) is 0 Å². The number of ether oxygens (including phenoxy) is 1. The molecule has 2 rings (SSSR count). The summed E-state index contributed by atoms with van der Waals surface area (Å²) in [5.74, 6) is 0.730. The van der Waals surface area contributed by atoms with Crippen molar-refractivity contribution in [3.63, 3.8) is 0 Å². The highest BCUT2D eigenvalue weighted by molar-refractivity contribution is 5.59. The van der Waals surface area contributed by atoms with Crippen molar-refractivity contribution >= 4 is 5.69 Å². The molecule has 0 radical (unpaired) electrons. The zero-order valence-corrected chi connectivity index (χ0v) is 10.3. The van der Waals surface area contributed by atoms with Gasteiger partial charge in [-0.1, -0.05) is 18.7 Å². The van der Waals surface area contributed by atoms with Crippen molar-refractivity contribution in [2.24, 2.45) is 10.4 Å². The lowest BCUT2D eigenvalue weighted by atomic mass is 10.1. The molecule has 5 heteroatoms. The second-order valence-corrected chi connectivity index (χ2v) is 3.94. The average Bonchev–Trinajstić information content (AvgIpc) is 2.63. The summed E-state index contributed by atoms with van der Waals surface area (Å²) in [4.78, 5) is 0. The minimum atomic E-state index is 0.547. The van der Waals surface area contributed by atoms with Crippen molar-refractivity contribution in [2.45, 2.75) is 13.5 Å². The molecule has 5 nitrogen and oxygen atoms in total. The Labute approximate surface area is 101 Å². The first kappa shape index (κ1) is 11.6. The van der Waals surface area contributed by atoms with E-state index in [0.717, 1.165) is 17.1 Å². The minimum Gasteiger partial charge on any atom is -0.380 e. The summed E-state index contributed by atoms with van der Waals surface area (Å²) in [7, 11) is 3.50. The lowest BCUT2D eigenvalue weighted by Crippen LogP contribution is -2.19. The van der Waals surface area contributed by atoms with Crippen LogP contribution in [0, 0.1) is 6.92 Å². The van der Waals surface area contributed by atoms with Crippen LogP contribution < -0.4 is 5.01 Å². The third-order valence-electron chi connectivity index (χ3n) is 2.78. The summed E-state index contributed by atoms with van der Waals surface area (Å²) in [5, 5.41) is 11.4. The number of hydrogen-bond donors (Lipinski definition) is 0. The summed E-state index contributed by atoms with van der Waals surface area (Å²) < 4.78 is 5.23. The second kappa shape index (κ2) is 4.55. The monoisotopic (exact) mass is 232 g/mol. The van der Waals surface area contributed by atoms with Crippen LogP contribution in [0.2, 0.25) is 0 Å². The highest BCUT2D eigenvalue weighted by Gasteiger charge is 2.22. The molecule has 0 spiro atoms. The van der Waals surface area contributed by atoms with Crippen molar-refractivity contribution in [1.82, 2.24) is 5.01 Å². The molecule has 0 fully saturated rings. The topological polar surface area (TPSA) is 40.4 Å². The van der Waals surface area contributed by atoms with E-state index in [0.29, 0.717) is 6.61 Å². The van der Waals surface area contributed by atoms with Crippen molar-refractivity contribution in [2.75, 3.05) is 19.2 Å². The van der Waals surface area contributed by atoms with E-state index in [1.165, 1.54) is 5.56 Å². The van der Waals surface area contributed by atoms with Crippen LogP contribution in [0.15, 0.2) is 41.0 Å². The molecular weight excluding hydrogens is 216 g/mol. The maximum atomic E-state index is 5.23. The van der Waals surface area contributed by atoms with Gasteiger partial charge in [0, 0.05) is 19.7 Å². The SMILES string of the molecule is C=C1N(C)N=NN1c1cccc(C)c1COC. The molecule has 1 aliphatic heterocycles. The van der Waals surface area contributed by atoms with Crippen LogP contribution in [0.3, 0.4) is 0 Å². The van der Waals surface area contributed by atoms with Crippen LogP contribution >= 0.6 is 0 Å². The van der Waals surface area contributed by atoms with Gasteiger partial charge in [-0.2, -0.15) is 5.01 Å². The number of hydrogen-bond acceptors (Lipinski definition) is 5. The number of nitrogens with zero attached hydrogens (tertiary/aromatic N) is 4. The smallest absolute Gasteiger partial charge is 0.146 e. The molecule has 1 heterocycles. The number of methoxy groups -OCH3 is 1. The Hall–Kier alpha value is -1.88. The quantitative estimate of drug-likeness (QED) is 0.804. The minimum absolute atomic E-state index is 0.547. The fraction of sp³-hybridized carbons (Fsp3) is 0.333. The van der Waals surface area contributed by atoms with E-state index < -0.39 is 0 Å². The van der Waals surface area contributed by atoms with Gasteiger partial charge in [0.05, 0.1) is 12.3 Å². The molecule has 0 saturated heterocycles. The molecule has 1 aromatic rings. The molecule has 1 aliphatic rings. The number of benzene rings is 1. The predicted molar refractivity (Wildman–Crippen MR) is 66.1 cm³/mol. The molecular formula is C12H16N4O. The number of aryl methyl sites for hydroxylation is 1. The van der Waals surface area contributed by atoms with Gasteiger partial charge in [0.15, 0.2) is 0 Å². The first-order valence-corrected chi connectivity index (χ1v) is 5.37. The van der Waals surface area contributed by atoms with Crippen molar-refractivity contribution in [3.8, 4) is 0 Å². The Morgan fingerprint density at radius 3 is 2.71 bits per heavy atom. The molecule has 0 aliphatic carbocycles. The Morgan fingerprint density at radius 2 is 2.12 bits per heavy atom. The highest BCUT2D eigenvalue weighted by Crippen LogP contribution is 2.31. The van der Waals surface area contributed by atoms with Crippen LogP contribution in [0.25, 0.3) is 0 Å². The molecule has 0 amide bonds. The summed E-state index contributed by atoms with van der Waals surface area (Å²) in [6, 6.07) is 6.03. The summed E-state index contributed by atoms with van der Waals surface area (Å²) in [6.45, 7) is 6.55.